The highest BCUT2D eigenvalue weighted by atomic mass is 79.9. The maximum absolute atomic E-state index is 12.0. The van der Waals surface area contributed by atoms with Gasteiger partial charge in [-0.05, 0) is 37.6 Å². The molecule has 0 amide bonds. The molecule has 5 rings (SSSR count). The van der Waals surface area contributed by atoms with Crippen molar-refractivity contribution in [3.05, 3.63) is 70.0 Å². The molecule has 3 heterocycles. The molecular formula is C24H24BrN5O2. The Hall–Kier alpha value is -2.97. The minimum Gasteiger partial charge on any atom is -0.480 e. The van der Waals surface area contributed by atoms with E-state index in [1.54, 1.807) is 0 Å². The van der Waals surface area contributed by atoms with Gasteiger partial charge in [0.05, 0.1) is 16.9 Å². The lowest BCUT2D eigenvalue weighted by Crippen LogP contribution is -2.49. The van der Waals surface area contributed by atoms with Crippen molar-refractivity contribution in [2.24, 2.45) is 0 Å². The predicted octanol–water partition coefficient (Wildman–Crippen LogP) is 4.46. The van der Waals surface area contributed by atoms with E-state index in [2.05, 4.69) is 42.8 Å². The van der Waals surface area contributed by atoms with E-state index in [0.717, 1.165) is 43.8 Å². The third kappa shape index (κ3) is 3.63. The Morgan fingerprint density at radius 1 is 1.25 bits per heavy atom. The van der Waals surface area contributed by atoms with E-state index >= 15 is 0 Å². The van der Waals surface area contributed by atoms with E-state index in [1.165, 1.54) is 0 Å². The first-order valence-corrected chi connectivity index (χ1v) is 11.5. The first kappa shape index (κ1) is 20.9. The van der Waals surface area contributed by atoms with E-state index < -0.39 is 12.0 Å². The van der Waals surface area contributed by atoms with Crippen molar-refractivity contribution >= 4 is 32.8 Å². The molecule has 0 aliphatic carbocycles. The number of fused-ring (bicyclic) bond motifs is 2. The average molecular weight is 494 g/mol. The molecule has 32 heavy (non-hydrogen) atoms. The normalized spacial score (nSPS) is 16.6. The molecule has 1 atom stereocenters. The smallest absolute Gasteiger partial charge is 0.321 e. The highest BCUT2D eigenvalue weighted by Gasteiger charge is 2.37. The van der Waals surface area contributed by atoms with Crippen LogP contribution in [0.15, 0.2) is 53.0 Å². The van der Waals surface area contributed by atoms with Crippen LogP contribution in [0.1, 0.15) is 30.8 Å². The quantitative estimate of drug-likeness (QED) is 0.428. The molecule has 7 nitrogen and oxygen atoms in total. The molecule has 4 aromatic rings. The lowest BCUT2D eigenvalue weighted by Gasteiger charge is -2.36. The number of hydrogen-bond acceptors (Lipinski definition) is 4. The Balaban J connectivity index is 1.68. The van der Waals surface area contributed by atoms with E-state index in [0.29, 0.717) is 19.5 Å². The summed E-state index contributed by atoms with van der Waals surface area (Å²) in [4.78, 5) is 19.0. The number of H-pyrrole nitrogens is 1. The topological polar surface area (TPSA) is 87.0 Å². The number of carboxylic acids is 1. The molecule has 0 fully saturated rings. The van der Waals surface area contributed by atoms with E-state index in [1.807, 2.05) is 55.1 Å². The van der Waals surface area contributed by atoms with Crippen molar-refractivity contribution in [3.63, 3.8) is 0 Å². The van der Waals surface area contributed by atoms with Gasteiger partial charge in [0.1, 0.15) is 11.7 Å². The van der Waals surface area contributed by atoms with Crippen molar-refractivity contribution in [2.75, 3.05) is 0 Å². The van der Waals surface area contributed by atoms with Crippen LogP contribution in [0.4, 0.5) is 0 Å². The number of nitrogens with one attached hydrogen (secondary N) is 1. The largest absolute Gasteiger partial charge is 0.480 e. The molecule has 164 valence electrons. The number of hydrogen-bond donors (Lipinski definition) is 2. The number of aromatic amines is 1. The van der Waals surface area contributed by atoms with Gasteiger partial charge in [0.2, 0.25) is 0 Å². The number of imidazole rings is 1. The maximum Gasteiger partial charge on any atom is 0.321 e. The van der Waals surface area contributed by atoms with Crippen LogP contribution < -0.4 is 0 Å². The van der Waals surface area contributed by atoms with Crippen LogP contribution in [0.25, 0.3) is 22.4 Å². The minimum atomic E-state index is -0.807. The number of aliphatic carboxylic acids is 1. The lowest BCUT2D eigenvalue weighted by molar-refractivity contribution is -0.144. The van der Waals surface area contributed by atoms with E-state index in [-0.39, 0.29) is 6.04 Å². The SMILES string of the molecule is CC(C)N1Cc2c(nc(-c3n[nH]c4cc(Br)ccc34)n2Cc2ccccc2)C[C@H]1C(=O)O. The van der Waals surface area contributed by atoms with Crippen LogP contribution in [0.5, 0.6) is 0 Å². The fourth-order valence-corrected chi connectivity index (χ4v) is 4.87. The van der Waals surface area contributed by atoms with E-state index in [4.69, 9.17) is 4.98 Å². The first-order valence-electron chi connectivity index (χ1n) is 10.7. The Morgan fingerprint density at radius 2 is 2.03 bits per heavy atom. The van der Waals surface area contributed by atoms with Gasteiger partial charge >= 0.3 is 5.97 Å². The molecular weight excluding hydrogens is 470 g/mol. The van der Waals surface area contributed by atoms with Crippen LogP contribution in [-0.4, -0.2) is 47.8 Å². The molecule has 2 aromatic carbocycles. The Labute approximate surface area is 194 Å². The summed E-state index contributed by atoms with van der Waals surface area (Å²) in [6.45, 7) is 5.27. The summed E-state index contributed by atoms with van der Waals surface area (Å²) < 4.78 is 3.18. The Kier molecular flexibility index (Phi) is 5.35. The summed E-state index contributed by atoms with van der Waals surface area (Å²) in [6, 6.07) is 15.8. The number of halogens is 1. The van der Waals surface area contributed by atoms with Gasteiger partial charge in [0.25, 0.3) is 0 Å². The van der Waals surface area contributed by atoms with Crippen molar-refractivity contribution < 1.29 is 9.90 Å². The van der Waals surface area contributed by atoms with Crippen molar-refractivity contribution in [1.82, 2.24) is 24.6 Å². The standard InChI is InChI=1S/C24H24BrN5O2/c1-14(2)29-13-21-19(11-20(29)24(31)32)26-23(30(21)12-15-6-4-3-5-7-15)22-17-9-8-16(25)10-18(17)27-28-22/h3-10,14,20H,11-13H2,1-2H3,(H,27,28)(H,31,32)/t20-/m0/s1. The summed E-state index contributed by atoms with van der Waals surface area (Å²) in [6.07, 6.45) is 0.380. The van der Waals surface area contributed by atoms with Crippen LogP contribution in [0, 0.1) is 0 Å². The zero-order chi connectivity index (χ0) is 22.4. The zero-order valence-electron chi connectivity index (χ0n) is 17.9. The number of rotatable bonds is 5. The highest BCUT2D eigenvalue weighted by molar-refractivity contribution is 9.10. The van der Waals surface area contributed by atoms with Crippen molar-refractivity contribution in [2.45, 2.75) is 45.4 Å². The molecule has 0 bridgehead atoms. The molecule has 1 aliphatic rings. The van der Waals surface area contributed by atoms with Gasteiger partial charge in [0, 0.05) is 35.4 Å². The number of benzene rings is 2. The third-order valence-electron chi connectivity index (χ3n) is 6.14. The van der Waals surface area contributed by atoms with Crippen LogP contribution >= 0.6 is 15.9 Å². The summed E-state index contributed by atoms with van der Waals surface area (Å²) in [5, 5.41) is 18.6. The molecule has 2 aromatic heterocycles. The zero-order valence-corrected chi connectivity index (χ0v) is 19.5. The number of carbonyl (C=O) groups is 1. The van der Waals surface area contributed by atoms with Crippen LogP contribution in [0.3, 0.4) is 0 Å². The van der Waals surface area contributed by atoms with Gasteiger partial charge in [0.15, 0.2) is 5.82 Å². The first-order chi connectivity index (χ1) is 15.4. The molecule has 0 radical (unpaired) electrons. The molecule has 0 saturated heterocycles. The summed E-state index contributed by atoms with van der Waals surface area (Å²) >= 11 is 3.51. The number of aromatic nitrogens is 4. The Bertz CT molecular complexity index is 1290. The maximum atomic E-state index is 12.0. The number of carboxylic acid groups (broad SMARTS) is 1. The van der Waals surface area contributed by atoms with Gasteiger partial charge in [-0.15, -0.1) is 0 Å². The fourth-order valence-electron chi connectivity index (χ4n) is 4.51. The van der Waals surface area contributed by atoms with Gasteiger partial charge in [-0.2, -0.15) is 5.10 Å². The van der Waals surface area contributed by atoms with Gasteiger partial charge in [-0.3, -0.25) is 14.8 Å². The molecule has 8 heteroatoms. The van der Waals surface area contributed by atoms with Gasteiger partial charge in [-0.25, -0.2) is 4.98 Å². The lowest BCUT2D eigenvalue weighted by atomic mass is 10.0. The van der Waals surface area contributed by atoms with E-state index in [9.17, 15) is 9.90 Å². The second-order valence-electron chi connectivity index (χ2n) is 8.49. The minimum absolute atomic E-state index is 0.108. The molecule has 0 saturated carbocycles. The monoisotopic (exact) mass is 493 g/mol. The summed E-state index contributed by atoms with van der Waals surface area (Å²) in [7, 11) is 0. The van der Waals surface area contributed by atoms with Gasteiger partial charge < -0.3 is 9.67 Å². The second-order valence-corrected chi connectivity index (χ2v) is 9.40. The van der Waals surface area contributed by atoms with Crippen LogP contribution in [0.2, 0.25) is 0 Å². The molecule has 1 aliphatic heterocycles. The molecule has 0 spiro atoms. The van der Waals surface area contributed by atoms with Gasteiger partial charge in [-0.1, -0.05) is 46.3 Å². The molecule has 0 unspecified atom stereocenters. The number of nitrogens with zero attached hydrogens (tertiary/aromatic N) is 4. The summed E-state index contributed by atoms with van der Waals surface area (Å²) in [5.41, 5.74) is 4.76. The van der Waals surface area contributed by atoms with Crippen molar-refractivity contribution in [1.29, 1.82) is 0 Å². The predicted molar refractivity (Wildman–Crippen MR) is 126 cm³/mol. The van der Waals surface area contributed by atoms with Crippen LogP contribution in [-0.2, 0) is 24.3 Å². The average Bonchev–Trinajstić information content (AvgIpc) is 3.34. The highest BCUT2D eigenvalue weighted by Crippen LogP contribution is 2.33. The summed E-state index contributed by atoms with van der Waals surface area (Å²) in [5.74, 6) is -0.0410. The fraction of sp³-hybridized carbons (Fsp3) is 0.292. The third-order valence-corrected chi connectivity index (χ3v) is 6.64. The molecule has 2 N–H and O–H groups in total. The van der Waals surface area contributed by atoms with Crippen molar-refractivity contribution in [3.8, 4) is 11.5 Å². The Morgan fingerprint density at radius 3 is 2.75 bits per heavy atom. The second kappa shape index (κ2) is 8.18.